The quantitative estimate of drug-likeness (QED) is 0.500. The van der Waals surface area contributed by atoms with Crippen LogP contribution in [-0.4, -0.2) is 29.9 Å². The molecule has 4 rings (SSSR count). The van der Waals surface area contributed by atoms with Crippen molar-refractivity contribution in [2.24, 2.45) is 0 Å². The molecule has 5 nitrogen and oxygen atoms in total. The number of benzene rings is 3. The number of amides is 3. The van der Waals surface area contributed by atoms with Gasteiger partial charge in [0.05, 0.1) is 17.3 Å². The summed E-state index contributed by atoms with van der Waals surface area (Å²) in [5, 5.41) is 3.05. The van der Waals surface area contributed by atoms with E-state index in [0.717, 1.165) is 17.5 Å². The van der Waals surface area contributed by atoms with Crippen LogP contribution in [0.2, 0.25) is 0 Å². The first-order chi connectivity index (χ1) is 16.1. The minimum atomic E-state index is -0.314. The van der Waals surface area contributed by atoms with Crippen LogP contribution in [0.1, 0.15) is 36.8 Å². The fraction of sp³-hybridized carbons (Fsp3) is 0.259. The second-order valence-electron chi connectivity index (χ2n) is 8.22. The van der Waals surface area contributed by atoms with E-state index in [9.17, 15) is 14.0 Å². The molecule has 6 heteroatoms. The molecule has 1 aliphatic heterocycles. The van der Waals surface area contributed by atoms with Crippen molar-refractivity contribution in [3.8, 4) is 0 Å². The maximum Gasteiger partial charge on any atom is 0.324 e. The van der Waals surface area contributed by atoms with Gasteiger partial charge in [-0.15, -0.1) is 0 Å². The maximum atomic E-state index is 13.6. The maximum absolute atomic E-state index is 13.6. The lowest BCUT2D eigenvalue weighted by atomic mass is 9.95. The number of hydrogen-bond acceptors (Lipinski definition) is 2. The zero-order valence-corrected chi connectivity index (χ0v) is 18.7. The number of nitrogens with one attached hydrogen (secondary N) is 1. The van der Waals surface area contributed by atoms with Crippen LogP contribution in [0.3, 0.4) is 0 Å². The van der Waals surface area contributed by atoms with E-state index in [2.05, 4.69) is 5.32 Å². The molecule has 3 aromatic carbocycles. The third kappa shape index (κ3) is 5.22. The third-order valence-corrected chi connectivity index (χ3v) is 5.95. The first kappa shape index (κ1) is 22.5. The van der Waals surface area contributed by atoms with Gasteiger partial charge in [0, 0.05) is 19.6 Å². The van der Waals surface area contributed by atoms with Gasteiger partial charge in [0.2, 0.25) is 5.91 Å². The monoisotopic (exact) mass is 445 g/mol. The topological polar surface area (TPSA) is 52.7 Å². The second kappa shape index (κ2) is 10.3. The van der Waals surface area contributed by atoms with E-state index in [-0.39, 0.29) is 23.7 Å². The lowest BCUT2D eigenvalue weighted by molar-refractivity contribution is -0.117. The number of hydrogen-bond donors (Lipinski definition) is 1. The van der Waals surface area contributed by atoms with Crippen molar-refractivity contribution in [3.63, 3.8) is 0 Å². The molecule has 0 aromatic heterocycles. The summed E-state index contributed by atoms with van der Waals surface area (Å²) in [7, 11) is 0. The van der Waals surface area contributed by atoms with Crippen LogP contribution in [0.4, 0.5) is 20.6 Å². The molecule has 1 aliphatic rings. The predicted octanol–water partition coefficient (Wildman–Crippen LogP) is 5.79. The molecule has 1 N–H and O–H groups in total. The summed E-state index contributed by atoms with van der Waals surface area (Å²) in [6.07, 6.45) is 1.45. The minimum absolute atomic E-state index is 0.0998. The van der Waals surface area contributed by atoms with Gasteiger partial charge in [-0.25, -0.2) is 9.18 Å². The zero-order valence-electron chi connectivity index (χ0n) is 18.7. The highest BCUT2D eigenvalue weighted by Gasteiger charge is 2.29. The second-order valence-corrected chi connectivity index (χ2v) is 8.22. The minimum Gasteiger partial charge on any atom is -0.324 e. The lowest BCUT2D eigenvalue weighted by Gasteiger charge is -2.36. The number of rotatable bonds is 7. The molecule has 0 spiro atoms. The first-order valence-electron chi connectivity index (χ1n) is 11.3. The van der Waals surface area contributed by atoms with Gasteiger partial charge < -0.3 is 10.2 Å². The molecule has 0 saturated carbocycles. The Kier molecular flexibility index (Phi) is 7.03. The summed E-state index contributed by atoms with van der Waals surface area (Å²) in [6, 6.07) is 23.3. The van der Waals surface area contributed by atoms with Gasteiger partial charge in [0.15, 0.2) is 0 Å². The highest BCUT2D eigenvalue weighted by Crippen LogP contribution is 2.31. The Labute approximate surface area is 193 Å². The third-order valence-electron chi connectivity index (χ3n) is 5.95. The van der Waals surface area contributed by atoms with Crippen molar-refractivity contribution in [2.45, 2.75) is 32.2 Å². The molecular weight excluding hydrogens is 417 g/mol. The molecular formula is C27H28FN3O2. The number of carbonyl (C=O) groups is 2. The molecule has 1 heterocycles. The number of anilines is 2. The van der Waals surface area contributed by atoms with Gasteiger partial charge in [-0.05, 0) is 48.2 Å². The lowest BCUT2D eigenvalue weighted by Crippen LogP contribution is -2.49. The molecule has 1 atom stereocenters. The SMILES string of the molecule is CC[C@H](C(=O)Nc1ccccc1N1CCCN(Cc2cccc(F)c2)C1=O)c1ccccc1. The van der Waals surface area contributed by atoms with Crippen molar-refractivity contribution >= 4 is 23.3 Å². The summed E-state index contributed by atoms with van der Waals surface area (Å²) in [6.45, 7) is 3.49. The molecule has 0 radical (unpaired) electrons. The number of urea groups is 1. The fourth-order valence-corrected chi connectivity index (χ4v) is 4.30. The van der Waals surface area contributed by atoms with Crippen LogP contribution < -0.4 is 10.2 Å². The Morgan fingerprint density at radius 2 is 1.76 bits per heavy atom. The smallest absolute Gasteiger partial charge is 0.324 e. The predicted molar refractivity (Wildman–Crippen MR) is 129 cm³/mol. The van der Waals surface area contributed by atoms with Crippen molar-refractivity contribution in [1.29, 1.82) is 0 Å². The normalized spacial score (nSPS) is 14.8. The van der Waals surface area contributed by atoms with Crippen molar-refractivity contribution in [2.75, 3.05) is 23.3 Å². The van der Waals surface area contributed by atoms with Gasteiger partial charge in [0.25, 0.3) is 0 Å². The van der Waals surface area contributed by atoms with Crippen LogP contribution in [-0.2, 0) is 11.3 Å². The van der Waals surface area contributed by atoms with Crippen molar-refractivity contribution < 1.29 is 14.0 Å². The van der Waals surface area contributed by atoms with E-state index in [0.29, 0.717) is 37.4 Å². The van der Waals surface area contributed by atoms with Crippen LogP contribution in [0, 0.1) is 5.82 Å². The Morgan fingerprint density at radius 3 is 2.52 bits per heavy atom. The summed E-state index contributed by atoms with van der Waals surface area (Å²) >= 11 is 0. The Bertz CT molecular complexity index is 1120. The number of halogens is 1. The summed E-state index contributed by atoms with van der Waals surface area (Å²) in [4.78, 5) is 29.9. The summed E-state index contributed by atoms with van der Waals surface area (Å²) in [5.74, 6) is -0.691. The highest BCUT2D eigenvalue weighted by atomic mass is 19.1. The Balaban J connectivity index is 1.53. The van der Waals surface area contributed by atoms with Crippen molar-refractivity contribution in [3.05, 3.63) is 95.8 Å². The highest BCUT2D eigenvalue weighted by molar-refractivity contribution is 6.02. The molecule has 3 aromatic rings. The first-order valence-corrected chi connectivity index (χ1v) is 11.3. The molecule has 0 aliphatic carbocycles. The van der Waals surface area contributed by atoms with Crippen molar-refractivity contribution in [1.82, 2.24) is 4.90 Å². The van der Waals surface area contributed by atoms with E-state index in [1.807, 2.05) is 67.6 Å². The van der Waals surface area contributed by atoms with E-state index in [4.69, 9.17) is 0 Å². The van der Waals surface area contributed by atoms with Crippen LogP contribution in [0.5, 0.6) is 0 Å². The van der Waals surface area contributed by atoms with E-state index in [1.54, 1.807) is 15.9 Å². The molecule has 1 fully saturated rings. The van der Waals surface area contributed by atoms with Crippen LogP contribution >= 0.6 is 0 Å². The van der Waals surface area contributed by atoms with E-state index < -0.39 is 0 Å². The van der Waals surface area contributed by atoms with E-state index in [1.165, 1.54) is 12.1 Å². The van der Waals surface area contributed by atoms with Gasteiger partial charge in [-0.1, -0.05) is 61.5 Å². The van der Waals surface area contributed by atoms with Gasteiger partial charge in [-0.3, -0.25) is 9.69 Å². The Hall–Kier alpha value is -3.67. The molecule has 170 valence electrons. The number of para-hydroxylation sites is 2. The standard InChI is InChI=1S/C27H28FN3O2/c1-2-23(21-11-4-3-5-12-21)26(32)29-24-14-6-7-15-25(24)31-17-9-16-30(27(31)33)19-20-10-8-13-22(28)18-20/h3-8,10-15,18,23H,2,9,16-17,19H2,1H3,(H,29,32)/t23-/m0/s1. The zero-order chi connectivity index (χ0) is 23.2. The molecule has 33 heavy (non-hydrogen) atoms. The van der Waals surface area contributed by atoms with Gasteiger partial charge in [-0.2, -0.15) is 0 Å². The van der Waals surface area contributed by atoms with Gasteiger partial charge in [0.1, 0.15) is 5.82 Å². The summed E-state index contributed by atoms with van der Waals surface area (Å²) < 4.78 is 13.6. The molecule has 0 unspecified atom stereocenters. The average molecular weight is 446 g/mol. The Morgan fingerprint density at radius 1 is 1.00 bits per heavy atom. The van der Waals surface area contributed by atoms with E-state index >= 15 is 0 Å². The van der Waals surface area contributed by atoms with Gasteiger partial charge >= 0.3 is 6.03 Å². The summed E-state index contributed by atoms with van der Waals surface area (Å²) in [5.41, 5.74) is 2.99. The molecule has 0 bridgehead atoms. The average Bonchev–Trinajstić information content (AvgIpc) is 2.82. The number of carbonyl (C=O) groups excluding carboxylic acids is 2. The van der Waals surface area contributed by atoms with Crippen LogP contribution in [0.15, 0.2) is 78.9 Å². The molecule has 1 saturated heterocycles. The largest absolute Gasteiger partial charge is 0.324 e. The molecule has 3 amide bonds. The fourth-order valence-electron chi connectivity index (χ4n) is 4.30. The number of nitrogens with zero attached hydrogens (tertiary/aromatic N) is 2. The van der Waals surface area contributed by atoms with Crippen LogP contribution in [0.25, 0.3) is 0 Å².